The maximum absolute atomic E-state index is 9.87. The van der Waals surface area contributed by atoms with E-state index in [0.29, 0.717) is 11.5 Å². The summed E-state index contributed by atoms with van der Waals surface area (Å²) in [6.45, 7) is 0. The van der Waals surface area contributed by atoms with Crippen LogP contribution in [0.2, 0.25) is 0 Å². The van der Waals surface area contributed by atoms with Gasteiger partial charge in [0.15, 0.2) is 17.3 Å². The van der Waals surface area contributed by atoms with E-state index in [4.69, 9.17) is 19.0 Å². The molecule has 5 rings (SSSR count). The molecule has 0 unspecified atom stereocenters. The predicted octanol–water partition coefficient (Wildman–Crippen LogP) is 4.24. The summed E-state index contributed by atoms with van der Waals surface area (Å²) in [6, 6.07) is 17.1. The fourth-order valence-electron chi connectivity index (χ4n) is 3.69. The molecule has 0 aliphatic carbocycles. The van der Waals surface area contributed by atoms with E-state index >= 15 is 0 Å². The Bertz CT molecular complexity index is 1010. The number of ether oxygens (including phenoxy) is 2. The lowest BCUT2D eigenvalue weighted by Gasteiger charge is -2.36. The minimum atomic E-state index is -0.420. The first kappa shape index (κ1) is 15.8. The van der Waals surface area contributed by atoms with Crippen LogP contribution in [0.15, 0.2) is 70.4 Å². The number of nitrogens with zero attached hydrogens (tertiary/aromatic N) is 2. The molecular formula is C21H18N2O4. The molecule has 0 saturated carbocycles. The van der Waals surface area contributed by atoms with Crippen molar-refractivity contribution in [3.8, 4) is 17.2 Å². The number of hydrogen-bond donors (Lipinski definition) is 1. The lowest BCUT2D eigenvalue weighted by Crippen LogP contribution is -2.33. The molecule has 2 aromatic carbocycles. The molecule has 0 amide bonds. The number of phenolic OH excluding ortho intramolecular Hbond substituents is 1. The molecule has 0 fully saturated rings. The summed E-state index contributed by atoms with van der Waals surface area (Å²) >= 11 is 0. The van der Waals surface area contributed by atoms with E-state index in [1.807, 2.05) is 41.4 Å². The van der Waals surface area contributed by atoms with Crippen molar-refractivity contribution in [2.24, 2.45) is 5.10 Å². The van der Waals surface area contributed by atoms with Gasteiger partial charge < -0.3 is 19.0 Å². The Morgan fingerprint density at radius 3 is 2.85 bits per heavy atom. The summed E-state index contributed by atoms with van der Waals surface area (Å²) in [7, 11) is 1.54. The number of benzene rings is 2. The highest BCUT2D eigenvalue weighted by Gasteiger charge is 2.42. The average Bonchev–Trinajstić information content (AvgIpc) is 3.38. The van der Waals surface area contributed by atoms with Crippen molar-refractivity contribution in [2.45, 2.75) is 18.7 Å². The van der Waals surface area contributed by atoms with Crippen molar-refractivity contribution in [3.63, 3.8) is 0 Å². The summed E-state index contributed by atoms with van der Waals surface area (Å²) in [6.07, 6.45) is 1.95. The van der Waals surface area contributed by atoms with Crippen molar-refractivity contribution < 1.29 is 19.0 Å². The molecule has 27 heavy (non-hydrogen) atoms. The van der Waals surface area contributed by atoms with Crippen LogP contribution >= 0.6 is 0 Å². The second-order valence-corrected chi connectivity index (χ2v) is 6.56. The number of methoxy groups -OCH3 is 1. The van der Waals surface area contributed by atoms with Crippen LogP contribution < -0.4 is 9.47 Å². The van der Waals surface area contributed by atoms with Gasteiger partial charge in [0.05, 0.1) is 25.1 Å². The summed E-state index contributed by atoms with van der Waals surface area (Å²) < 4.78 is 17.0. The lowest BCUT2D eigenvalue weighted by atomic mass is 9.96. The SMILES string of the molecule is COc1cc(C2=NN3[C@H](C2)c2ccccc2O[C@H]3c2ccco2)ccc1O. The Kier molecular flexibility index (Phi) is 3.57. The molecule has 0 spiro atoms. The van der Waals surface area contributed by atoms with Crippen molar-refractivity contribution >= 4 is 5.71 Å². The fraction of sp³-hybridized carbons (Fsp3) is 0.190. The van der Waals surface area contributed by atoms with Crippen LogP contribution in [0.25, 0.3) is 0 Å². The van der Waals surface area contributed by atoms with Crippen molar-refractivity contribution in [3.05, 3.63) is 77.7 Å². The summed E-state index contributed by atoms with van der Waals surface area (Å²) in [5.74, 6) is 2.10. The van der Waals surface area contributed by atoms with Crippen LogP contribution in [0, 0.1) is 0 Å². The van der Waals surface area contributed by atoms with Gasteiger partial charge in [-0.3, -0.25) is 0 Å². The largest absolute Gasteiger partial charge is 0.504 e. The number of phenols is 1. The Labute approximate surface area is 156 Å². The third-order valence-electron chi connectivity index (χ3n) is 5.00. The number of hydrazone groups is 1. The average molecular weight is 362 g/mol. The van der Waals surface area contributed by atoms with Gasteiger partial charge in [0.1, 0.15) is 5.75 Å². The van der Waals surface area contributed by atoms with Crippen molar-refractivity contribution in [1.82, 2.24) is 5.01 Å². The van der Waals surface area contributed by atoms with E-state index in [-0.39, 0.29) is 11.8 Å². The zero-order valence-electron chi connectivity index (χ0n) is 14.7. The predicted molar refractivity (Wildman–Crippen MR) is 98.9 cm³/mol. The van der Waals surface area contributed by atoms with Gasteiger partial charge in [-0.25, -0.2) is 5.01 Å². The minimum absolute atomic E-state index is 0.0554. The molecule has 2 atom stereocenters. The smallest absolute Gasteiger partial charge is 0.246 e. The number of aromatic hydroxyl groups is 1. The minimum Gasteiger partial charge on any atom is -0.504 e. The van der Waals surface area contributed by atoms with Crippen LogP contribution in [0.4, 0.5) is 0 Å². The van der Waals surface area contributed by atoms with Gasteiger partial charge >= 0.3 is 0 Å². The maximum atomic E-state index is 9.87. The molecule has 0 saturated heterocycles. The highest BCUT2D eigenvalue weighted by Crippen LogP contribution is 2.47. The first-order valence-corrected chi connectivity index (χ1v) is 8.77. The molecule has 0 radical (unpaired) electrons. The number of hydrogen-bond acceptors (Lipinski definition) is 6. The first-order chi connectivity index (χ1) is 13.2. The number of rotatable bonds is 3. The normalized spacial score (nSPS) is 20.5. The van der Waals surface area contributed by atoms with Gasteiger partial charge in [0, 0.05) is 17.5 Å². The molecule has 1 N–H and O–H groups in total. The van der Waals surface area contributed by atoms with Gasteiger partial charge in [-0.2, -0.15) is 5.10 Å². The second-order valence-electron chi connectivity index (χ2n) is 6.56. The molecule has 2 aliphatic rings. The molecule has 0 bridgehead atoms. The van der Waals surface area contributed by atoms with E-state index in [0.717, 1.165) is 29.0 Å². The number of para-hydroxylation sites is 1. The van der Waals surface area contributed by atoms with Crippen LogP contribution in [-0.4, -0.2) is 22.9 Å². The number of furan rings is 1. The number of fused-ring (bicyclic) bond motifs is 3. The third-order valence-corrected chi connectivity index (χ3v) is 5.00. The molecule has 6 nitrogen and oxygen atoms in total. The van der Waals surface area contributed by atoms with Crippen LogP contribution in [0.5, 0.6) is 17.2 Å². The molecule has 136 valence electrons. The summed E-state index contributed by atoms with van der Waals surface area (Å²) in [5.41, 5.74) is 2.93. The second kappa shape index (κ2) is 6.09. The molecule has 2 aliphatic heterocycles. The standard InChI is InChI=1S/C21H18N2O4/c1-25-20-11-13(8-9-17(20)24)15-12-16-14-5-2-3-6-18(14)27-21(23(16)22-15)19-7-4-10-26-19/h2-11,16,21,24H,12H2,1H3/t16-,21+/m1/s1. The fourth-order valence-corrected chi connectivity index (χ4v) is 3.69. The highest BCUT2D eigenvalue weighted by atomic mass is 16.5. The molecule has 3 aromatic rings. The zero-order chi connectivity index (χ0) is 18.4. The van der Waals surface area contributed by atoms with Crippen LogP contribution in [0.1, 0.15) is 35.6 Å². The van der Waals surface area contributed by atoms with E-state index in [1.165, 1.54) is 7.11 Å². The lowest BCUT2D eigenvalue weighted by molar-refractivity contribution is -0.0325. The van der Waals surface area contributed by atoms with Gasteiger partial charge in [-0.05, 0) is 36.4 Å². The van der Waals surface area contributed by atoms with Crippen molar-refractivity contribution in [1.29, 1.82) is 0 Å². The molecule has 3 heterocycles. The monoisotopic (exact) mass is 362 g/mol. The summed E-state index contributed by atoms with van der Waals surface area (Å²) in [5, 5.41) is 16.7. The Morgan fingerprint density at radius 1 is 1.15 bits per heavy atom. The van der Waals surface area contributed by atoms with Gasteiger partial charge in [-0.1, -0.05) is 18.2 Å². The highest BCUT2D eigenvalue weighted by molar-refractivity contribution is 6.02. The van der Waals surface area contributed by atoms with E-state index < -0.39 is 6.23 Å². The quantitative estimate of drug-likeness (QED) is 0.755. The molecule has 6 heteroatoms. The van der Waals surface area contributed by atoms with E-state index in [9.17, 15) is 5.11 Å². The van der Waals surface area contributed by atoms with Gasteiger partial charge in [0.25, 0.3) is 0 Å². The Balaban J connectivity index is 1.58. The molecular weight excluding hydrogens is 344 g/mol. The third kappa shape index (κ3) is 2.52. The van der Waals surface area contributed by atoms with Gasteiger partial charge in [-0.15, -0.1) is 0 Å². The van der Waals surface area contributed by atoms with E-state index in [1.54, 1.807) is 18.4 Å². The van der Waals surface area contributed by atoms with Gasteiger partial charge in [0.2, 0.25) is 6.23 Å². The summed E-state index contributed by atoms with van der Waals surface area (Å²) in [4.78, 5) is 0. The van der Waals surface area contributed by atoms with Crippen molar-refractivity contribution in [2.75, 3.05) is 7.11 Å². The molecule has 1 aromatic heterocycles. The maximum Gasteiger partial charge on any atom is 0.246 e. The first-order valence-electron chi connectivity index (χ1n) is 8.77. The van der Waals surface area contributed by atoms with Crippen LogP contribution in [-0.2, 0) is 0 Å². The topological polar surface area (TPSA) is 67.4 Å². The Morgan fingerprint density at radius 2 is 2.04 bits per heavy atom. The Hall–Kier alpha value is -3.41. The van der Waals surface area contributed by atoms with E-state index in [2.05, 4.69) is 6.07 Å². The van der Waals surface area contributed by atoms with Crippen LogP contribution in [0.3, 0.4) is 0 Å². The zero-order valence-corrected chi connectivity index (χ0v) is 14.7.